The minimum absolute atomic E-state index is 0.00440. The number of rotatable bonds is 8. The summed E-state index contributed by atoms with van der Waals surface area (Å²) in [5.41, 5.74) is 3.21. The number of benzene rings is 3. The molecule has 0 unspecified atom stereocenters. The Morgan fingerprint density at radius 3 is 2.09 bits per heavy atom. The Hall–Kier alpha value is -3.37. The number of ether oxygens (including phenoxy) is 1. The van der Waals surface area contributed by atoms with E-state index in [4.69, 9.17) is 0 Å². The Kier molecular flexibility index (Phi) is 7.09. The third kappa shape index (κ3) is 6.33. The van der Waals surface area contributed by atoms with Crippen molar-refractivity contribution in [3.05, 3.63) is 89.0 Å². The highest BCUT2D eigenvalue weighted by atomic mass is 32.2. The van der Waals surface area contributed by atoms with Gasteiger partial charge in [-0.05, 0) is 73.0 Å². The molecule has 0 aliphatic carbocycles. The Labute approximate surface area is 193 Å². The average molecular weight is 489 g/mol. The largest absolute Gasteiger partial charge is 0.465 e. The van der Waals surface area contributed by atoms with Crippen LogP contribution in [0.15, 0.2) is 71.6 Å². The molecular weight excluding hydrogens is 464 g/mol. The zero-order valence-electron chi connectivity index (χ0n) is 18.3. The summed E-state index contributed by atoms with van der Waals surface area (Å²) < 4.78 is 60.0. The molecule has 8 nitrogen and oxygen atoms in total. The molecule has 0 aliphatic heterocycles. The number of sulfonamides is 2. The van der Waals surface area contributed by atoms with E-state index < -0.39 is 26.0 Å². The lowest BCUT2D eigenvalue weighted by Gasteiger charge is -2.12. The van der Waals surface area contributed by atoms with Gasteiger partial charge in [0.1, 0.15) is 0 Å². The Balaban J connectivity index is 1.70. The van der Waals surface area contributed by atoms with Crippen LogP contribution in [0.4, 0.5) is 11.4 Å². The molecule has 3 aromatic carbocycles. The topological polar surface area (TPSA) is 119 Å². The first-order valence-corrected chi connectivity index (χ1v) is 13.0. The standard InChI is InChI=1S/C23H24N2O6S2/c1-16-4-5-17(2)22(14-16)25-33(29,30)21-12-10-20(11-13-21)24-32(27,28)15-18-6-8-19(9-7-18)23(26)31-3/h4-14,24-25H,15H2,1-3H3. The van der Waals surface area contributed by atoms with Gasteiger partial charge in [0, 0.05) is 5.69 Å². The molecule has 0 heterocycles. The van der Waals surface area contributed by atoms with Crippen molar-refractivity contribution in [1.29, 1.82) is 0 Å². The molecule has 174 valence electrons. The molecule has 0 amide bonds. The molecule has 2 N–H and O–H groups in total. The van der Waals surface area contributed by atoms with Crippen molar-refractivity contribution < 1.29 is 26.4 Å². The van der Waals surface area contributed by atoms with Crippen LogP contribution in [0.3, 0.4) is 0 Å². The van der Waals surface area contributed by atoms with Crippen LogP contribution in [0, 0.1) is 13.8 Å². The molecule has 0 spiro atoms. The van der Waals surface area contributed by atoms with E-state index in [1.165, 1.54) is 55.6 Å². The normalized spacial score (nSPS) is 11.6. The molecule has 3 rings (SSSR count). The van der Waals surface area contributed by atoms with Gasteiger partial charge in [-0.1, -0.05) is 24.3 Å². The smallest absolute Gasteiger partial charge is 0.337 e. The van der Waals surface area contributed by atoms with Crippen molar-refractivity contribution in [3.63, 3.8) is 0 Å². The van der Waals surface area contributed by atoms with E-state index in [1.54, 1.807) is 13.0 Å². The second kappa shape index (κ2) is 9.63. The predicted molar refractivity (Wildman–Crippen MR) is 127 cm³/mol. The molecule has 0 atom stereocenters. The molecule has 0 saturated heterocycles. The zero-order chi connectivity index (χ0) is 24.2. The Morgan fingerprint density at radius 2 is 1.48 bits per heavy atom. The fourth-order valence-electron chi connectivity index (χ4n) is 3.04. The Morgan fingerprint density at radius 1 is 0.848 bits per heavy atom. The number of carbonyl (C=O) groups is 1. The number of nitrogens with one attached hydrogen (secondary N) is 2. The lowest BCUT2D eigenvalue weighted by Crippen LogP contribution is -2.16. The first-order chi connectivity index (χ1) is 15.5. The summed E-state index contributed by atoms with van der Waals surface area (Å²) in [5, 5.41) is 0. The summed E-state index contributed by atoms with van der Waals surface area (Å²) in [6, 6.07) is 16.9. The molecule has 33 heavy (non-hydrogen) atoms. The van der Waals surface area contributed by atoms with Crippen LogP contribution in [-0.4, -0.2) is 29.9 Å². The zero-order valence-corrected chi connectivity index (χ0v) is 20.0. The van der Waals surface area contributed by atoms with Gasteiger partial charge in [-0.25, -0.2) is 21.6 Å². The third-order valence-electron chi connectivity index (χ3n) is 4.81. The summed E-state index contributed by atoms with van der Waals surface area (Å²) in [5.74, 6) is -0.826. The van der Waals surface area contributed by atoms with Gasteiger partial charge in [0.05, 0.1) is 29.0 Å². The van der Waals surface area contributed by atoms with Crippen molar-refractivity contribution in [3.8, 4) is 0 Å². The SMILES string of the molecule is COC(=O)c1ccc(CS(=O)(=O)Nc2ccc(S(=O)(=O)Nc3cc(C)ccc3C)cc2)cc1. The number of hydrogen-bond acceptors (Lipinski definition) is 6. The number of esters is 1. The van der Waals surface area contributed by atoms with E-state index in [0.717, 1.165) is 11.1 Å². The van der Waals surface area contributed by atoms with Gasteiger partial charge < -0.3 is 4.74 Å². The van der Waals surface area contributed by atoms with Crippen LogP contribution >= 0.6 is 0 Å². The van der Waals surface area contributed by atoms with Crippen LogP contribution in [-0.2, 0) is 30.5 Å². The maximum atomic E-state index is 12.7. The van der Waals surface area contributed by atoms with E-state index in [0.29, 0.717) is 16.8 Å². The highest BCUT2D eigenvalue weighted by Gasteiger charge is 2.17. The van der Waals surface area contributed by atoms with E-state index in [-0.39, 0.29) is 16.3 Å². The van der Waals surface area contributed by atoms with Gasteiger partial charge in [0.2, 0.25) is 10.0 Å². The third-order valence-corrected chi connectivity index (χ3v) is 7.45. The van der Waals surface area contributed by atoms with Gasteiger partial charge in [-0.15, -0.1) is 0 Å². The van der Waals surface area contributed by atoms with E-state index in [1.807, 2.05) is 19.1 Å². The second-order valence-electron chi connectivity index (χ2n) is 7.50. The van der Waals surface area contributed by atoms with Crippen LogP contribution < -0.4 is 9.44 Å². The number of carbonyl (C=O) groups excluding carboxylic acids is 1. The fourth-order valence-corrected chi connectivity index (χ4v) is 5.36. The fraction of sp³-hybridized carbons (Fsp3) is 0.174. The molecule has 10 heteroatoms. The van der Waals surface area contributed by atoms with Crippen molar-refractivity contribution >= 4 is 37.4 Å². The lowest BCUT2D eigenvalue weighted by molar-refractivity contribution is 0.0600. The molecule has 0 aromatic heterocycles. The monoisotopic (exact) mass is 488 g/mol. The second-order valence-corrected chi connectivity index (χ2v) is 10.9. The number of aryl methyl sites for hydroxylation is 2. The van der Waals surface area contributed by atoms with E-state index in [2.05, 4.69) is 14.2 Å². The molecule has 0 saturated carbocycles. The van der Waals surface area contributed by atoms with Crippen LogP contribution in [0.5, 0.6) is 0 Å². The van der Waals surface area contributed by atoms with Gasteiger partial charge >= 0.3 is 5.97 Å². The number of hydrogen-bond donors (Lipinski definition) is 2. The van der Waals surface area contributed by atoms with Crippen LogP contribution in [0.25, 0.3) is 0 Å². The molecule has 0 bridgehead atoms. The van der Waals surface area contributed by atoms with Gasteiger partial charge in [-0.2, -0.15) is 0 Å². The molecule has 3 aromatic rings. The maximum absolute atomic E-state index is 12.7. The number of methoxy groups -OCH3 is 1. The minimum atomic E-state index is -3.84. The quantitative estimate of drug-likeness (QED) is 0.465. The van der Waals surface area contributed by atoms with Crippen molar-refractivity contribution in [1.82, 2.24) is 0 Å². The van der Waals surface area contributed by atoms with Gasteiger partial charge in [-0.3, -0.25) is 9.44 Å². The van der Waals surface area contributed by atoms with Crippen molar-refractivity contribution in [2.24, 2.45) is 0 Å². The molecule has 0 radical (unpaired) electrons. The summed E-state index contributed by atoms with van der Waals surface area (Å²) in [6.07, 6.45) is 0. The first-order valence-electron chi connectivity index (χ1n) is 9.87. The highest BCUT2D eigenvalue weighted by molar-refractivity contribution is 7.92. The molecule has 0 fully saturated rings. The maximum Gasteiger partial charge on any atom is 0.337 e. The summed E-state index contributed by atoms with van der Waals surface area (Å²) in [7, 11) is -6.34. The molecule has 0 aliphatic rings. The lowest BCUT2D eigenvalue weighted by atomic mass is 10.1. The van der Waals surface area contributed by atoms with Crippen molar-refractivity contribution in [2.45, 2.75) is 24.5 Å². The number of anilines is 2. The predicted octanol–water partition coefficient (Wildman–Crippen LogP) is 3.83. The van der Waals surface area contributed by atoms with E-state index >= 15 is 0 Å². The highest BCUT2D eigenvalue weighted by Crippen LogP contribution is 2.22. The van der Waals surface area contributed by atoms with E-state index in [9.17, 15) is 21.6 Å². The van der Waals surface area contributed by atoms with Gasteiger partial charge in [0.15, 0.2) is 0 Å². The minimum Gasteiger partial charge on any atom is -0.465 e. The van der Waals surface area contributed by atoms with Crippen molar-refractivity contribution in [2.75, 3.05) is 16.6 Å². The molecular formula is C23H24N2O6S2. The Bertz CT molecular complexity index is 1370. The van der Waals surface area contributed by atoms with Crippen LogP contribution in [0.2, 0.25) is 0 Å². The van der Waals surface area contributed by atoms with Crippen LogP contribution in [0.1, 0.15) is 27.0 Å². The van der Waals surface area contributed by atoms with Gasteiger partial charge in [0.25, 0.3) is 10.0 Å². The first kappa shape index (κ1) is 24.3. The average Bonchev–Trinajstić information content (AvgIpc) is 2.76. The summed E-state index contributed by atoms with van der Waals surface area (Å²) >= 11 is 0. The summed E-state index contributed by atoms with van der Waals surface area (Å²) in [4.78, 5) is 11.5. The summed E-state index contributed by atoms with van der Waals surface area (Å²) in [6.45, 7) is 3.67.